The molecule has 4 aliphatic heterocycles. The predicted octanol–water partition coefficient (Wildman–Crippen LogP) is 13.9. The number of alkyl carbamates (subject to hydrolysis) is 2. The second-order valence-electron chi connectivity index (χ2n) is 37.7. The Labute approximate surface area is 808 Å². The van der Waals surface area contributed by atoms with Crippen LogP contribution in [0.4, 0.5) is 9.59 Å². The molecule has 10 rings (SSSR count). The highest BCUT2D eigenvalue weighted by Crippen LogP contribution is 2.45. The van der Waals surface area contributed by atoms with Gasteiger partial charge in [0.05, 0.1) is 64.0 Å². The van der Waals surface area contributed by atoms with Crippen LogP contribution in [0.3, 0.4) is 0 Å². The van der Waals surface area contributed by atoms with Crippen molar-refractivity contribution in [2.75, 3.05) is 34.4 Å². The Morgan fingerprint density at radius 1 is 0.489 bits per heavy atom. The fraction of sp³-hybridized carbons (Fsp3) is 0.616. The number of aliphatic hydroxyl groups excluding tert-OH is 4. The fourth-order valence-corrected chi connectivity index (χ4v) is 17.7. The molecule has 0 radical (unpaired) electrons. The van der Waals surface area contributed by atoms with Gasteiger partial charge in [-0.25, -0.2) is 33.6 Å². The quantitative estimate of drug-likeness (QED) is 0.0148. The number of esters is 3. The van der Waals surface area contributed by atoms with Gasteiger partial charge in [-0.3, -0.25) is 24.0 Å². The fourth-order valence-electron chi connectivity index (χ4n) is 17.4. The van der Waals surface area contributed by atoms with E-state index in [-0.39, 0.29) is 87.8 Å². The number of methoxy groups -OCH3 is 3. The summed E-state index contributed by atoms with van der Waals surface area (Å²) in [5, 5.41) is 75.2. The Balaban J connectivity index is 0.000000320. The van der Waals surface area contributed by atoms with Crippen LogP contribution in [-0.2, 0) is 94.5 Å². The van der Waals surface area contributed by atoms with Crippen LogP contribution in [0.2, 0.25) is 10.0 Å². The molecular weight excluding hydrogens is 1810 g/mol. The molecule has 11 N–H and O–H groups in total. The molecule has 2 aliphatic carbocycles. The maximum Gasteiger partial charge on any atom is 0.407 e. The van der Waals surface area contributed by atoms with Crippen molar-refractivity contribution in [1.82, 2.24) is 25.8 Å². The number of benzene rings is 4. The standard InChI is InChI=1S/C35H50ClN3O7.C28H37ClN2O5.C15H21NO5.C14H19NO5.C7H15NO3.ClH/c1-6-11-27(30(41)33(44)45-5)37-31(42)29-20-35(19-28(38-46-35)23-14-10-15-24(36)17-23)21-39(29)32(43)26(34(2,3)4)18-25(40)16-22-12-8-7-9-13-22;1-27(2,3)22(14-21(32)12-18-8-5-4-6-9-18)25(33)31-17-28(16-24(31)26(34)35)15-23(30-36-28)19-10-7-11-20(29)13-19;1-3-7-12(13(17)14(18)20-2)16-15(19)21-10-11-8-5-4-6-9-11;1-2-6-11(12(16)13(17)18)15-14(19)20-9-10-7-4-3-5-8-10;1-3-4-5(8)6(9)7(10)11-2;/h10,14-15,17,22,26-27,29-30,41H,6-9,11-13,16,18-21H2,1-5H3,(H,37,42);7,10-11,13,18,22,24H,4-6,8-9,12,14-17H2,1-3H3,(H,34,35);4-6,8-9,12-13,17H,3,7,10H2,1-2H3,(H,16,19);3-5,7-8,11-12,16H,2,6,9H2,1H3,(H,15,19)(H,17,18);5-6,9H,3-4,8H2,1-2H3;1H/t26-,27+,29+,30?,35-;22-,24+,28-;12-,13?;11-,12?;5-,6?;/m11000./s1. The molecule has 4 fully saturated rings. The number of oxime groups is 2. The zero-order valence-electron chi connectivity index (χ0n) is 80.2. The first-order chi connectivity index (χ1) is 63.5. The van der Waals surface area contributed by atoms with Crippen molar-refractivity contribution < 1.29 is 122 Å². The number of amides is 5. The van der Waals surface area contributed by atoms with Crippen molar-refractivity contribution in [3.05, 3.63) is 141 Å². The summed E-state index contributed by atoms with van der Waals surface area (Å²) in [5.41, 5.74) is 7.18. The number of carbonyl (C=O) groups is 12. The molecule has 4 heterocycles. The number of carboxylic acids is 2. The molecule has 4 aromatic rings. The van der Waals surface area contributed by atoms with E-state index in [1.165, 1.54) is 44.0 Å². The number of likely N-dealkylation sites (tertiary alicyclic amines) is 2. The van der Waals surface area contributed by atoms with Gasteiger partial charge in [0.25, 0.3) is 0 Å². The van der Waals surface area contributed by atoms with Gasteiger partial charge in [-0.05, 0) is 83.7 Å². The first-order valence-corrected chi connectivity index (χ1v) is 47.3. The van der Waals surface area contributed by atoms with E-state index in [0.717, 1.165) is 80.0 Å². The van der Waals surface area contributed by atoms with Crippen molar-refractivity contribution in [1.29, 1.82) is 0 Å². The number of hydrogen-bond acceptors (Lipinski definition) is 26. The summed E-state index contributed by atoms with van der Waals surface area (Å²) >= 11 is 12.4. The largest absolute Gasteiger partial charge is 0.480 e. The Hall–Kier alpha value is -9.87. The van der Waals surface area contributed by atoms with Crippen molar-refractivity contribution in [3.63, 3.8) is 0 Å². The molecule has 0 bridgehead atoms. The van der Waals surface area contributed by atoms with Crippen LogP contribution >= 0.6 is 35.6 Å². The van der Waals surface area contributed by atoms with E-state index in [4.69, 9.17) is 63.0 Å². The number of nitrogens with one attached hydrogen (secondary N) is 3. The number of aliphatic carboxylic acids is 2. The highest BCUT2D eigenvalue weighted by molar-refractivity contribution is 6.31. The number of nitrogens with two attached hydrogens (primary N) is 1. The number of Topliss-reactive ketones (excluding diaryl/α,β-unsaturated/α-hetero) is 2. The van der Waals surface area contributed by atoms with Crippen LogP contribution in [-0.4, -0.2) is 229 Å². The van der Waals surface area contributed by atoms with Crippen LogP contribution < -0.4 is 21.7 Å². The second-order valence-corrected chi connectivity index (χ2v) is 38.6. The van der Waals surface area contributed by atoms with Crippen molar-refractivity contribution in [3.8, 4) is 0 Å². The van der Waals surface area contributed by atoms with Crippen LogP contribution in [0.15, 0.2) is 120 Å². The minimum atomic E-state index is -1.64. The number of rotatable bonds is 37. The molecule has 36 heteroatoms. The predicted molar refractivity (Wildman–Crippen MR) is 510 cm³/mol. The Morgan fingerprint density at radius 3 is 1.19 bits per heavy atom. The molecule has 4 aromatic carbocycles. The van der Waals surface area contributed by atoms with Gasteiger partial charge in [0.15, 0.2) is 35.6 Å². The average molecular weight is 1950 g/mol. The van der Waals surface area contributed by atoms with Crippen LogP contribution in [0.1, 0.15) is 258 Å². The van der Waals surface area contributed by atoms with Gasteiger partial charge in [0.1, 0.15) is 36.9 Å². The van der Waals surface area contributed by atoms with Gasteiger partial charge in [-0.15, -0.1) is 12.4 Å². The van der Waals surface area contributed by atoms with E-state index >= 15 is 0 Å². The summed E-state index contributed by atoms with van der Waals surface area (Å²) in [7, 11) is 3.58. The van der Waals surface area contributed by atoms with E-state index < -0.39 is 142 Å². The zero-order chi connectivity index (χ0) is 99.2. The maximum atomic E-state index is 14.5. The topological polar surface area (TPSA) is 484 Å². The van der Waals surface area contributed by atoms with E-state index in [0.29, 0.717) is 104 Å². The number of aliphatic hydroxyl groups is 4. The minimum absolute atomic E-state index is 0. The molecule has 6 aliphatic rings. The lowest BCUT2D eigenvalue weighted by atomic mass is 9.75. The third kappa shape index (κ3) is 36.9. The number of hydrogen-bond donors (Lipinski definition) is 10. The van der Waals surface area contributed by atoms with Crippen LogP contribution in [0, 0.1) is 34.5 Å². The van der Waals surface area contributed by atoms with Crippen molar-refractivity contribution in [2.45, 2.75) is 321 Å². The smallest absolute Gasteiger partial charge is 0.407 e. The third-order valence-electron chi connectivity index (χ3n) is 24.9. The average Bonchev–Trinajstić information content (AvgIpc) is 1.61. The lowest BCUT2D eigenvalue weighted by Crippen LogP contribution is -2.55. The van der Waals surface area contributed by atoms with E-state index in [1.807, 2.05) is 154 Å². The van der Waals surface area contributed by atoms with Gasteiger partial charge in [-0.2, -0.15) is 0 Å². The van der Waals surface area contributed by atoms with Gasteiger partial charge in [0.2, 0.25) is 17.7 Å². The first-order valence-electron chi connectivity index (χ1n) is 46.6. The molecule has 2 saturated carbocycles. The van der Waals surface area contributed by atoms with Crippen LogP contribution in [0.25, 0.3) is 0 Å². The molecule has 4 unspecified atom stereocenters. The number of halogens is 3. The van der Waals surface area contributed by atoms with Crippen LogP contribution in [0.5, 0.6) is 0 Å². The molecule has 135 heavy (non-hydrogen) atoms. The number of ether oxygens (including phenoxy) is 5. The summed E-state index contributed by atoms with van der Waals surface area (Å²) < 4.78 is 23.5. The highest BCUT2D eigenvalue weighted by Gasteiger charge is 2.58. The van der Waals surface area contributed by atoms with Crippen molar-refractivity contribution >= 4 is 118 Å². The van der Waals surface area contributed by atoms with Crippen molar-refractivity contribution in [2.24, 2.45) is 50.5 Å². The number of carboxylic acid groups (broad SMARTS) is 2. The van der Waals surface area contributed by atoms with Gasteiger partial charge in [-0.1, -0.05) is 278 Å². The summed E-state index contributed by atoms with van der Waals surface area (Å²) in [4.78, 5) is 164. The summed E-state index contributed by atoms with van der Waals surface area (Å²) in [6.07, 6.45) is 10.8. The van der Waals surface area contributed by atoms with Gasteiger partial charge < -0.3 is 95.5 Å². The molecule has 0 aromatic heterocycles. The SMILES string of the molecule is CC(C)(C)[C@H](CC(=O)CC1CCCCC1)C(=O)N1C[C@@]2(CC(c3cccc(Cl)c3)=NO2)C[C@H]1C(=O)O.CCC[C@H](N)C(O)C(=O)OC.CCC[C@H](NC(=O)OCc1ccccc1)C(O)C(=O)O.CCC[C@H](NC(=O)OCc1ccccc1)C(O)C(=O)OC.CCC[C@H](NC(=O)[C@@H]1C[C@]2(CC(c3cccc(Cl)c3)=NO2)CN1C(=O)[C@@H](CC(=O)CC1CCCCC1)C(C)(C)C)C(O)C(=O)OC.Cl. The third-order valence-corrected chi connectivity index (χ3v) is 25.4. The zero-order valence-corrected chi connectivity index (χ0v) is 82.5. The monoisotopic (exact) mass is 1950 g/mol. The first kappa shape index (κ1) is 116. The van der Waals surface area contributed by atoms with E-state index in [1.54, 1.807) is 24.3 Å². The molecule has 33 nitrogen and oxygen atoms in total. The Kier molecular flexibility index (Phi) is 48.6. The van der Waals surface area contributed by atoms with E-state index in [2.05, 4.69) is 35.7 Å². The molecule has 14 atom stereocenters. The lowest BCUT2D eigenvalue weighted by Gasteiger charge is -2.35. The molecule has 750 valence electrons. The summed E-state index contributed by atoms with van der Waals surface area (Å²) in [6.45, 7) is 19.6. The Morgan fingerprint density at radius 2 is 0.844 bits per heavy atom. The number of ketones is 2. The summed E-state index contributed by atoms with van der Waals surface area (Å²) in [5.74, 6) is -6.14. The Bertz CT molecular complexity index is 4550. The minimum Gasteiger partial charge on any atom is -0.480 e. The van der Waals surface area contributed by atoms with Gasteiger partial charge >= 0.3 is 42.0 Å². The molecule has 2 saturated heterocycles. The molecule has 5 amide bonds. The van der Waals surface area contributed by atoms with E-state index in [9.17, 15) is 78.0 Å². The second kappa shape index (κ2) is 56.7. The normalized spacial score (nSPS) is 20.2. The maximum absolute atomic E-state index is 14.5. The highest BCUT2D eigenvalue weighted by atomic mass is 35.5. The number of nitrogens with zero attached hydrogens (tertiary/aromatic N) is 4. The molecule has 2 spiro atoms. The molecular formula is C99H143Cl3N8O25. The number of carbonyl (C=O) groups excluding carboxylic acids is 10. The lowest BCUT2D eigenvalue weighted by molar-refractivity contribution is -0.153. The van der Waals surface area contributed by atoms with Gasteiger partial charge in [0, 0.05) is 90.4 Å². The summed E-state index contributed by atoms with van der Waals surface area (Å²) in [6, 6.07) is 27.9.